The topological polar surface area (TPSA) is 81.1 Å². The van der Waals surface area contributed by atoms with Crippen molar-refractivity contribution in [1.29, 1.82) is 0 Å². The van der Waals surface area contributed by atoms with Crippen LogP contribution in [0.1, 0.15) is 41.9 Å². The first-order valence-electron chi connectivity index (χ1n) is 9.36. The third-order valence-electron chi connectivity index (χ3n) is 5.52. The number of aryl methyl sites for hydroxylation is 2. The molecule has 2 fully saturated rings. The molecule has 0 aliphatic carbocycles. The number of urea groups is 1. The molecule has 26 heavy (non-hydrogen) atoms. The highest BCUT2D eigenvalue weighted by atomic mass is 16.4. The first-order chi connectivity index (χ1) is 12.3. The van der Waals surface area contributed by atoms with Crippen LogP contribution in [0.3, 0.4) is 0 Å². The van der Waals surface area contributed by atoms with Crippen LogP contribution in [0.4, 0.5) is 4.79 Å². The average Bonchev–Trinajstić information content (AvgIpc) is 2.60. The molecule has 6 nitrogen and oxygen atoms in total. The molecule has 0 spiro atoms. The Hall–Kier alpha value is -2.08. The Morgan fingerprint density at radius 1 is 1.00 bits per heavy atom. The maximum absolute atomic E-state index is 12.9. The minimum atomic E-state index is -0.842. The van der Waals surface area contributed by atoms with Gasteiger partial charge in [-0.25, -0.2) is 4.79 Å². The second kappa shape index (κ2) is 7.66. The minimum absolute atomic E-state index is 0.0304. The molecule has 2 heterocycles. The quantitative estimate of drug-likeness (QED) is 0.848. The molecule has 2 aliphatic heterocycles. The number of likely N-dealkylation sites (tertiary alicyclic amines) is 2. The van der Waals surface area contributed by atoms with Gasteiger partial charge in [-0.05, 0) is 38.7 Å². The molecule has 2 saturated heterocycles. The molecule has 0 saturated carbocycles. The summed E-state index contributed by atoms with van der Waals surface area (Å²) in [5.41, 5.74) is 3.42. The van der Waals surface area contributed by atoms with E-state index in [-0.39, 0.29) is 24.6 Å². The van der Waals surface area contributed by atoms with Gasteiger partial charge in [-0.15, -0.1) is 0 Å². The predicted octanol–water partition coefficient (Wildman–Crippen LogP) is 2.37. The number of aliphatic carboxylic acids is 1. The van der Waals surface area contributed by atoms with Crippen LogP contribution >= 0.6 is 0 Å². The normalized spacial score (nSPS) is 24.6. The predicted molar refractivity (Wildman–Crippen MR) is 98.2 cm³/mol. The first-order valence-corrected chi connectivity index (χ1v) is 9.36. The number of nitrogens with zero attached hydrogens (tertiary/aromatic N) is 2. The van der Waals surface area contributed by atoms with Gasteiger partial charge in [0.1, 0.15) is 0 Å². The van der Waals surface area contributed by atoms with Crippen molar-refractivity contribution < 1.29 is 19.8 Å². The highest BCUT2D eigenvalue weighted by Crippen LogP contribution is 2.32. The van der Waals surface area contributed by atoms with Crippen molar-refractivity contribution in [3.05, 3.63) is 34.9 Å². The SMILES string of the molecule is Cc1cc(C)cc(C2CC(C(=O)O)CN(C(=O)N3CCC(O)CC3)C2)c1. The van der Waals surface area contributed by atoms with Crippen LogP contribution in [-0.2, 0) is 4.79 Å². The smallest absolute Gasteiger partial charge is 0.320 e. The van der Waals surface area contributed by atoms with Crippen LogP contribution in [0.2, 0.25) is 0 Å². The van der Waals surface area contributed by atoms with Crippen molar-refractivity contribution in [2.24, 2.45) is 5.92 Å². The van der Waals surface area contributed by atoms with Crippen molar-refractivity contribution >= 4 is 12.0 Å². The monoisotopic (exact) mass is 360 g/mol. The first kappa shape index (κ1) is 18.7. The zero-order valence-corrected chi connectivity index (χ0v) is 15.5. The van der Waals surface area contributed by atoms with Crippen molar-refractivity contribution in [3.63, 3.8) is 0 Å². The molecule has 3 rings (SSSR count). The summed E-state index contributed by atoms with van der Waals surface area (Å²) in [7, 11) is 0. The molecule has 2 unspecified atom stereocenters. The number of hydrogen-bond acceptors (Lipinski definition) is 3. The molecule has 1 aromatic carbocycles. The lowest BCUT2D eigenvalue weighted by Gasteiger charge is -2.40. The maximum Gasteiger partial charge on any atom is 0.320 e. The summed E-state index contributed by atoms with van der Waals surface area (Å²) in [6.07, 6.45) is 1.39. The van der Waals surface area contributed by atoms with Gasteiger partial charge in [-0.3, -0.25) is 4.79 Å². The third kappa shape index (κ3) is 4.18. The molecular formula is C20H28N2O4. The summed E-state index contributed by atoms with van der Waals surface area (Å²) in [5.74, 6) is -1.36. The van der Waals surface area contributed by atoms with Gasteiger partial charge in [-0.2, -0.15) is 0 Å². The number of carboxylic acids is 1. The van der Waals surface area contributed by atoms with E-state index in [1.807, 2.05) is 13.8 Å². The number of aliphatic hydroxyl groups is 1. The summed E-state index contributed by atoms with van der Waals surface area (Å²) in [6.45, 7) is 5.94. The van der Waals surface area contributed by atoms with E-state index in [2.05, 4.69) is 18.2 Å². The molecule has 6 heteroatoms. The van der Waals surface area contributed by atoms with E-state index in [1.54, 1.807) is 9.80 Å². The van der Waals surface area contributed by atoms with Crippen LogP contribution < -0.4 is 0 Å². The second-order valence-electron chi connectivity index (χ2n) is 7.79. The number of amides is 2. The summed E-state index contributed by atoms with van der Waals surface area (Å²) in [4.78, 5) is 28.0. The van der Waals surface area contributed by atoms with Crippen LogP contribution in [0, 0.1) is 19.8 Å². The van der Waals surface area contributed by atoms with E-state index in [0.717, 1.165) is 16.7 Å². The van der Waals surface area contributed by atoms with Crippen molar-refractivity contribution in [2.75, 3.05) is 26.2 Å². The number of carbonyl (C=O) groups excluding carboxylic acids is 1. The fraction of sp³-hybridized carbons (Fsp3) is 0.600. The van der Waals surface area contributed by atoms with Gasteiger partial charge in [0.15, 0.2) is 0 Å². The highest BCUT2D eigenvalue weighted by Gasteiger charge is 2.36. The fourth-order valence-electron chi connectivity index (χ4n) is 4.18. The van der Waals surface area contributed by atoms with Crippen molar-refractivity contribution in [2.45, 2.75) is 45.1 Å². The molecule has 1 aromatic rings. The molecule has 2 amide bonds. The lowest BCUT2D eigenvalue weighted by atomic mass is 9.83. The number of carboxylic acid groups (broad SMARTS) is 1. The lowest BCUT2D eigenvalue weighted by Crippen LogP contribution is -2.52. The Kier molecular flexibility index (Phi) is 5.51. The fourth-order valence-corrected chi connectivity index (χ4v) is 4.18. The second-order valence-corrected chi connectivity index (χ2v) is 7.79. The zero-order valence-electron chi connectivity index (χ0n) is 15.5. The van der Waals surface area contributed by atoms with Crippen LogP contribution in [-0.4, -0.2) is 64.3 Å². The van der Waals surface area contributed by atoms with Gasteiger partial charge < -0.3 is 20.0 Å². The van der Waals surface area contributed by atoms with E-state index in [9.17, 15) is 19.8 Å². The molecule has 0 bridgehead atoms. The Labute approximate surface area is 154 Å². The largest absolute Gasteiger partial charge is 0.481 e. The average molecular weight is 360 g/mol. The lowest BCUT2D eigenvalue weighted by molar-refractivity contribution is -0.143. The number of rotatable bonds is 2. The van der Waals surface area contributed by atoms with Gasteiger partial charge in [0, 0.05) is 32.1 Å². The standard InChI is InChI=1S/C20H28N2O4/c1-13-7-14(2)9-15(8-13)16-10-17(19(24)25)12-22(11-16)20(26)21-5-3-18(23)4-6-21/h7-9,16-18,23H,3-6,10-12H2,1-2H3,(H,24,25). The number of hydrogen-bond donors (Lipinski definition) is 2. The van der Waals surface area contributed by atoms with E-state index in [4.69, 9.17) is 0 Å². The molecule has 0 aromatic heterocycles. The summed E-state index contributed by atoms with van der Waals surface area (Å²) >= 11 is 0. The molecule has 2 N–H and O–H groups in total. The van der Waals surface area contributed by atoms with Crippen molar-refractivity contribution in [1.82, 2.24) is 9.80 Å². The Morgan fingerprint density at radius 3 is 2.19 bits per heavy atom. The van der Waals surface area contributed by atoms with Crippen LogP contribution in [0.25, 0.3) is 0 Å². The Balaban J connectivity index is 1.79. The van der Waals surface area contributed by atoms with Gasteiger partial charge in [-0.1, -0.05) is 29.3 Å². The number of piperidine rings is 2. The number of aliphatic hydroxyl groups excluding tert-OH is 1. The van der Waals surface area contributed by atoms with Crippen LogP contribution in [0.15, 0.2) is 18.2 Å². The maximum atomic E-state index is 12.9. The van der Waals surface area contributed by atoms with E-state index in [0.29, 0.717) is 38.9 Å². The molecule has 2 atom stereocenters. The van der Waals surface area contributed by atoms with E-state index >= 15 is 0 Å². The van der Waals surface area contributed by atoms with Crippen molar-refractivity contribution in [3.8, 4) is 0 Å². The van der Waals surface area contributed by atoms with Gasteiger partial charge in [0.05, 0.1) is 12.0 Å². The molecule has 142 valence electrons. The molecular weight excluding hydrogens is 332 g/mol. The number of carbonyl (C=O) groups is 2. The Morgan fingerprint density at radius 2 is 1.62 bits per heavy atom. The number of benzene rings is 1. The van der Waals surface area contributed by atoms with Gasteiger partial charge in [0.25, 0.3) is 0 Å². The molecule has 0 radical (unpaired) electrons. The summed E-state index contributed by atoms with van der Waals surface area (Å²) in [6, 6.07) is 6.20. The van der Waals surface area contributed by atoms with Crippen LogP contribution in [0.5, 0.6) is 0 Å². The highest BCUT2D eigenvalue weighted by molar-refractivity contribution is 5.77. The van der Waals surface area contributed by atoms with Gasteiger partial charge in [0.2, 0.25) is 0 Å². The Bertz CT molecular complexity index is 662. The summed E-state index contributed by atoms with van der Waals surface area (Å²) < 4.78 is 0. The zero-order chi connectivity index (χ0) is 18.8. The van der Waals surface area contributed by atoms with Gasteiger partial charge >= 0.3 is 12.0 Å². The van der Waals surface area contributed by atoms with E-state index in [1.165, 1.54) is 0 Å². The van der Waals surface area contributed by atoms with E-state index < -0.39 is 11.9 Å². The molecule has 2 aliphatic rings. The third-order valence-corrected chi connectivity index (χ3v) is 5.52. The minimum Gasteiger partial charge on any atom is -0.481 e. The summed E-state index contributed by atoms with van der Waals surface area (Å²) in [5, 5.41) is 19.2.